The zero-order valence-corrected chi connectivity index (χ0v) is 64.2. The van der Waals surface area contributed by atoms with Gasteiger partial charge in [-0.05, 0) is 75.0 Å². The first-order valence-electron chi connectivity index (χ1n) is 39.4. The first-order chi connectivity index (χ1) is 53.3. The molecule has 4 aromatic rings. The second-order valence-corrected chi connectivity index (χ2v) is 27.9. The van der Waals surface area contributed by atoms with Gasteiger partial charge in [-0.25, -0.2) is 0 Å². The Hall–Kier alpha value is -9.31. The molecule has 5 rings (SSSR count). The van der Waals surface area contributed by atoms with Gasteiger partial charge in [0.2, 0.25) is 53.2 Å². The summed E-state index contributed by atoms with van der Waals surface area (Å²) in [5.74, 6) is -6.23. The van der Waals surface area contributed by atoms with Crippen LogP contribution in [0, 0.1) is 0 Å². The summed E-state index contributed by atoms with van der Waals surface area (Å²) in [4.78, 5) is 159. The lowest BCUT2D eigenvalue weighted by molar-refractivity contribution is -0.136. The number of aryl methyl sites for hydroxylation is 1. The summed E-state index contributed by atoms with van der Waals surface area (Å²) in [6.07, 6.45) is 21.1. The van der Waals surface area contributed by atoms with Crippen LogP contribution < -0.4 is 65.5 Å². The monoisotopic (exact) mass is 1540 g/mol. The Bertz CT molecular complexity index is 3410. The molecule has 610 valence electrons. The number of hydrogen-bond donors (Lipinski definition) is 14. The topological polar surface area (TPSA) is 508 Å². The Morgan fingerprint density at radius 1 is 0.591 bits per heavy atom. The van der Waals surface area contributed by atoms with Crippen LogP contribution in [0.25, 0.3) is 10.9 Å². The van der Waals surface area contributed by atoms with E-state index >= 15 is 0 Å². The van der Waals surface area contributed by atoms with Crippen molar-refractivity contribution < 1.29 is 71.7 Å². The van der Waals surface area contributed by atoms with Crippen molar-refractivity contribution in [3.05, 3.63) is 77.7 Å². The Balaban J connectivity index is 1.06. The number of carbonyl (C=O) groups is 11. The lowest BCUT2D eigenvalue weighted by Crippen LogP contribution is -2.61. The van der Waals surface area contributed by atoms with Gasteiger partial charge in [-0.15, -0.1) is 10.2 Å². The molecule has 0 unspecified atom stereocenters. The summed E-state index contributed by atoms with van der Waals surface area (Å²) in [7, 11) is 0. The number of ketones is 2. The number of amides is 9. The van der Waals surface area contributed by atoms with Crippen LogP contribution in [0.5, 0.6) is 0 Å². The summed E-state index contributed by atoms with van der Waals surface area (Å²) in [5.41, 5.74) is 25.3. The molecule has 110 heavy (non-hydrogen) atoms. The number of nitrogens with two attached hydrogens (primary N) is 4. The molecule has 0 spiro atoms. The van der Waals surface area contributed by atoms with E-state index in [2.05, 4.69) is 73.1 Å². The van der Waals surface area contributed by atoms with E-state index in [0.29, 0.717) is 69.2 Å². The molecule has 0 bridgehead atoms. The van der Waals surface area contributed by atoms with Gasteiger partial charge in [-0.2, -0.15) is 5.21 Å². The van der Waals surface area contributed by atoms with Crippen LogP contribution in [0.4, 0.5) is 0 Å². The number of aromatic amines is 2. The summed E-state index contributed by atoms with van der Waals surface area (Å²) >= 11 is 0. The molecule has 1 aliphatic rings. The number of nitrogens with one attached hydrogen (secondary N) is 10. The Kier molecular flexibility index (Phi) is 45.8. The average Bonchev–Trinajstić information content (AvgIpc) is 1.62. The van der Waals surface area contributed by atoms with E-state index in [9.17, 15) is 52.7 Å². The maximum atomic E-state index is 14.7. The van der Waals surface area contributed by atoms with Crippen molar-refractivity contribution in [3.63, 3.8) is 0 Å². The van der Waals surface area contributed by atoms with Crippen molar-refractivity contribution in [2.24, 2.45) is 27.9 Å². The largest absolute Gasteiger partial charge is 0.379 e. The van der Waals surface area contributed by atoms with Crippen LogP contribution in [0.3, 0.4) is 0 Å². The van der Waals surface area contributed by atoms with Crippen LogP contribution in [0.15, 0.2) is 65.8 Å². The van der Waals surface area contributed by atoms with Crippen LogP contribution in [-0.4, -0.2) is 211 Å². The van der Waals surface area contributed by atoms with E-state index in [1.807, 2.05) is 31.2 Å². The SMILES string of the molecule is CCCC[C@H](NC(=O)COCCOCCCC(=O)COCCOCCNC(=O)CCCCCCCCCCCCCCCc1nn[nH]n1)C(=O)N[C@H]1CCC(=O)CCCCC[C@@H](C(N)=O)NC(=O)[C@H](Cc2c[nH]c3ccccc23)NC(=O)[C@H](CCCN=C(N)N)NC(=O)[C@@H](Cc2ccccc2)NC(=O)[C@H](CN)NC1=O. The van der Waals surface area contributed by atoms with Gasteiger partial charge in [0, 0.05) is 88.3 Å². The van der Waals surface area contributed by atoms with Gasteiger partial charge in [-0.1, -0.05) is 157 Å². The lowest BCUT2D eigenvalue weighted by atomic mass is 10.00. The molecule has 2 aromatic carbocycles. The zero-order chi connectivity index (χ0) is 79.4. The quantitative estimate of drug-likeness (QED) is 0.0172. The fourth-order valence-electron chi connectivity index (χ4n) is 12.6. The van der Waals surface area contributed by atoms with E-state index in [1.54, 1.807) is 36.5 Å². The third kappa shape index (κ3) is 38.9. The Labute approximate surface area is 645 Å². The van der Waals surface area contributed by atoms with Gasteiger partial charge in [0.05, 0.1) is 33.0 Å². The second kappa shape index (κ2) is 55.1. The van der Waals surface area contributed by atoms with Crippen molar-refractivity contribution in [1.29, 1.82) is 0 Å². The minimum absolute atomic E-state index is 0.0122. The fourth-order valence-corrected chi connectivity index (χ4v) is 12.6. The van der Waals surface area contributed by atoms with Gasteiger partial charge in [0.1, 0.15) is 61.3 Å². The number of benzene rings is 2. The maximum Gasteiger partial charge on any atom is 0.246 e. The lowest BCUT2D eigenvalue weighted by Gasteiger charge is -2.28. The van der Waals surface area contributed by atoms with Crippen molar-refractivity contribution in [2.45, 2.75) is 248 Å². The number of guanidine groups is 1. The molecule has 1 saturated heterocycles. The standard InChI is InChI=1S/C77H122N18O15/c1-2-3-32-61(85-69(99)53-110-47-44-107-42-26-30-57(97)52-109-46-45-108-43-41-82-68(98)37-22-14-12-10-8-6-4-5-7-9-11-13-21-36-67-92-94-95-93-67)71(101)88-63-39-38-56(96)29-19-16-20-34-60(70(79)100)86-75(105)65(49-55-51-84-59-33-24-23-31-58(55)59)90-72(102)62(35-25-40-83-77(80)81)87-74(104)64(48-54-27-17-15-18-28-54)89-76(106)66(50-78)91-73(63)103/h15,17-18,23-24,27-28,31,33,51,60-66,84H,2-14,16,19-22,25-26,29-30,32,34-50,52-53,78H2,1H3,(H2,79,100)(H,82,98)(H,85,99)(H,86,105)(H,87,104)(H,88,101)(H,89,106)(H,90,102)(H,91,103)(H4,80,81,83)(H,92,93,94,95)/t60-,61-,62-,63-,64+,65-,66-/m0/s1. The number of rotatable bonds is 49. The predicted octanol–water partition coefficient (Wildman–Crippen LogP) is 3.10. The molecule has 1 aliphatic heterocycles. The van der Waals surface area contributed by atoms with Gasteiger partial charge < -0.3 is 89.4 Å². The number of aromatic nitrogens is 5. The van der Waals surface area contributed by atoms with E-state index in [4.69, 9.17) is 41.9 Å². The molecule has 2 aromatic heterocycles. The molecule has 0 saturated carbocycles. The molecule has 7 atom stereocenters. The number of aliphatic imine (C=N–C) groups is 1. The van der Waals surface area contributed by atoms with Crippen molar-refractivity contribution in [1.82, 2.24) is 68.1 Å². The fraction of sp³-hybridized carbons (Fsp3) is 0.649. The third-order valence-corrected chi connectivity index (χ3v) is 18.8. The highest BCUT2D eigenvalue weighted by molar-refractivity contribution is 5.98. The van der Waals surface area contributed by atoms with E-state index in [0.717, 1.165) is 48.8 Å². The van der Waals surface area contributed by atoms with Crippen LogP contribution in [-0.2, 0) is 90.9 Å². The number of carbonyl (C=O) groups excluding carboxylic acids is 11. The zero-order valence-electron chi connectivity index (χ0n) is 64.2. The minimum atomic E-state index is -1.52. The van der Waals surface area contributed by atoms with Crippen molar-refractivity contribution in [2.75, 3.05) is 72.5 Å². The smallest absolute Gasteiger partial charge is 0.246 e. The maximum absolute atomic E-state index is 14.7. The second-order valence-electron chi connectivity index (χ2n) is 27.9. The van der Waals surface area contributed by atoms with Gasteiger partial charge >= 0.3 is 0 Å². The van der Waals surface area contributed by atoms with Crippen LogP contribution in [0.2, 0.25) is 0 Å². The normalized spacial score (nSPS) is 18.3. The Morgan fingerprint density at radius 3 is 1.89 bits per heavy atom. The number of ether oxygens (including phenoxy) is 4. The number of tetrazole rings is 1. The highest BCUT2D eigenvalue weighted by Crippen LogP contribution is 2.21. The molecule has 33 heteroatoms. The summed E-state index contributed by atoms with van der Waals surface area (Å²) in [5, 5.41) is 36.7. The number of H-pyrrole nitrogens is 2. The van der Waals surface area contributed by atoms with Gasteiger partial charge in [0.15, 0.2) is 17.6 Å². The number of para-hydroxylation sites is 1. The van der Waals surface area contributed by atoms with Crippen LogP contribution in [0.1, 0.15) is 204 Å². The number of Topliss-reactive ketones (excluding diaryl/α,β-unsaturated/α-hetero) is 2. The Morgan fingerprint density at radius 2 is 1.21 bits per heavy atom. The molecule has 33 nitrogen and oxygen atoms in total. The number of nitrogens with zero attached hydrogens (tertiary/aromatic N) is 4. The average molecular weight is 1540 g/mol. The van der Waals surface area contributed by atoms with E-state index in [-0.39, 0.29) is 134 Å². The minimum Gasteiger partial charge on any atom is -0.379 e. The molecule has 0 radical (unpaired) electrons. The van der Waals surface area contributed by atoms with Crippen molar-refractivity contribution in [3.8, 4) is 0 Å². The molecule has 3 heterocycles. The van der Waals surface area contributed by atoms with E-state index < -0.39 is 103 Å². The first-order valence-corrected chi connectivity index (χ1v) is 39.4. The number of unbranched alkanes of at least 4 members (excludes halogenated alkanes) is 13. The highest BCUT2D eigenvalue weighted by atomic mass is 16.5. The van der Waals surface area contributed by atoms with Gasteiger partial charge in [-0.3, -0.25) is 57.7 Å². The molecule has 1 fully saturated rings. The molecule has 0 aliphatic carbocycles. The molecule has 18 N–H and O–H groups in total. The van der Waals surface area contributed by atoms with E-state index in [1.165, 1.54) is 57.8 Å². The molecular formula is C77H122N18O15. The van der Waals surface area contributed by atoms with Gasteiger partial charge in [0.25, 0.3) is 0 Å². The number of primary amides is 1. The number of fused-ring (bicyclic) bond motifs is 1. The highest BCUT2D eigenvalue weighted by Gasteiger charge is 2.35. The molecular weight excluding hydrogens is 1420 g/mol. The first kappa shape index (κ1) is 91.3. The number of hydrogen-bond acceptors (Lipinski definition) is 20. The summed E-state index contributed by atoms with van der Waals surface area (Å²) in [6.45, 7) is 2.50. The van der Waals surface area contributed by atoms with Crippen molar-refractivity contribution >= 4 is 81.6 Å². The summed E-state index contributed by atoms with van der Waals surface area (Å²) < 4.78 is 22.2. The predicted molar refractivity (Wildman–Crippen MR) is 414 cm³/mol. The summed E-state index contributed by atoms with van der Waals surface area (Å²) in [6, 6.07) is 6.51. The van der Waals surface area contributed by atoms with Crippen LogP contribution >= 0.6 is 0 Å². The molecule has 9 amide bonds. The third-order valence-electron chi connectivity index (χ3n) is 18.8.